The highest BCUT2D eigenvalue weighted by atomic mass is 35.5. The van der Waals surface area contributed by atoms with E-state index in [4.69, 9.17) is 16.3 Å². The highest BCUT2D eigenvalue weighted by Gasteiger charge is 2.44. The molecule has 0 radical (unpaired) electrons. The monoisotopic (exact) mass is 533 g/mol. The average Bonchev–Trinajstić information content (AvgIpc) is 3.13. The van der Waals surface area contributed by atoms with Gasteiger partial charge >= 0.3 is 0 Å². The molecular formula is C25H28ClN3O6S. The summed E-state index contributed by atoms with van der Waals surface area (Å²) in [6, 6.07) is 11.2. The first kappa shape index (κ1) is 26.3. The lowest BCUT2D eigenvalue weighted by Crippen LogP contribution is -3.14. The standard InChI is InChI=1S/C25H28ClN3O6S/c1-27(2)36(33,34)20-9-5-18(6-10-20)23(30)21-22(17-3-7-19(26)8-4-17)29(25(32)24(21)31)12-11-28-13-15-35-16-14-28/h3-10,22,30H,11-16H2,1-2H3. The maximum absolute atomic E-state index is 13.6. The number of morpholine rings is 1. The van der Waals surface area contributed by atoms with Gasteiger partial charge in [0.1, 0.15) is 13.1 Å². The number of carbonyl (C=O) groups is 2. The van der Waals surface area contributed by atoms with Gasteiger partial charge in [-0.2, -0.15) is 0 Å². The number of amides is 1. The molecule has 2 heterocycles. The van der Waals surface area contributed by atoms with Crippen molar-refractivity contribution in [1.82, 2.24) is 9.21 Å². The van der Waals surface area contributed by atoms with Crippen LogP contribution in [0.25, 0.3) is 5.76 Å². The fourth-order valence-corrected chi connectivity index (χ4v) is 5.45. The summed E-state index contributed by atoms with van der Waals surface area (Å²) >= 11 is 6.05. The first-order chi connectivity index (χ1) is 17.1. The van der Waals surface area contributed by atoms with Crippen molar-refractivity contribution >= 4 is 39.1 Å². The van der Waals surface area contributed by atoms with Crippen LogP contribution in [0.15, 0.2) is 59.0 Å². The molecule has 0 bridgehead atoms. The Kier molecular flexibility index (Phi) is 7.82. The number of benzene rings is 2. The van der Waals surface area contributed by atoms with Crippen LogP contribution in [0.4, 0.5) is 0 Å². The maximum atomic E-state index is 13.6. The second-order valence-electron chi connectivity index (χ2n) is 8.95. The lowest BCUT2D eigenvalue weighted by atomic mass is 9.95. The summed E-state index contributed by atoms with van der Waals surface area (Å²) in [5.41, 5.74) is 0.580. The third-order valence-electron chi connectivity index (χ3n) is 6.52. The van der Waals surface area contributed by atoms with Gasteiger partial charge < -0.3 is 19.6 Å². The molecule has 1 amide bonds. The summed E-state index contributed by atoms with van der Waals surface area (Å²) in [6.45, 7) is 3.80. The molecule has 2 aliphatic heterocycles. The number of ketones is 1. The first-order valence-corrected chi connectivity index (χ1v) is 13.4. The molecule has 4 rings (SSSR count). The predicted octanol–water partition coefficient (Wildman–Crippen LogP) is -0.271. The van der Waals surface area contributed by atoms with Gasteiger partial charge in [0.2, 0.25) is 15.8 Å². The van der Waals surface area contributed by atoms with Crippen molar-refractivity contribution in [3.05, 3.63) is 70.3 Å². The van der Waals surface area contributed by atoms with Crippen molar-refractivity contribution in [2.24, 2.45) is 0 Å². The van der Waals surface area contributed by atoms with Crippen LogP contribution in [-0.2, 0) is 24.3 Å². The molecule has 2 aliphatic rings. The number of ether oxygens (including phenoxy) is 1. The number of sulfonamides is 1. The van der Waals surface area contributed by atoms with Crippen LogP contribution in [0, 0.1) is 0 Å². The summed E-state index contributed by atoms with van der Waals surface area (Å²) in [5, 5.41) is 14.0. The van der Waals surface area contributed by atoms with Crippen molar-refractivity contribution < 1.29 is 32.8 Å². The molecule has 2 aromatic rings. The van der Waals surface area contributed by atoms with Gasteiger partial charge in [-0.05, 0) is 35.4 Å². The summed E-state index contributed by atoms with van der Waals surface area (Å²) in [5.74, 6) is -2.18. The van der Waals surface area contributed by atoms with Gasteiger partial charge in [0.25, 0.3) is 5.91 Å². The van der Waals surface area contributed by atoms with Crippen molar-refractivity contribution in [2.45, 2.75) is 10.9 Å². The zero-order valence-corrected chi connectivity index (χ0v) is 21.6. The second-order valence-corrected chi connectivity index (χ2v) is 11.5. The number of nitrogens with zero attached hydrogens (tertiary/aromatic N) is 2. The molecular weight excluding hydrogens is 506 g/mol. The summed E-state index contributed by atoms with van der Waals surface area (Å²) < 4.78 is 31.2. The predicted molar refractivity (Wildman–Crippen MR) is 132 cm³/mol. The van der Waals surface area contributed by atoms with Crippen LogP contribution in [0.3, 0.4) is 0 Å². The lowest BCUT2D eigenvalue weighted by Gasteiger charge is -2.30. The Bertz CT molecular complexity index is 1270. The van der Waals surface area contributed by atoms with Crippen molar-refractivity contribution in [3.8, 4) is 0 Å². The minimum atomic E-state index is -3.68. The highest BCUT2D eigenvalue weighted by Crippen LogP contribution is 2.38. The van der Waals surface area contributed by atoms with Crippen molar-refractivity contribution in [1.29, 1.82) is 0 Å². The van der Waals surface area contributed by atoms with E-state index in [2.05, 4.69) is 0 Å². The molecule has 36 heavy (non-hydrogen) atoms. The SMILES string of the molecule is CN(C)S(=O)(=O)c1ccc(C([O-])=C2C(=O)C(=O)N(CC[NH+]3CCOCC3)C2c2ccc(Cl)cc2)cc1. The van der Waals surface area contributed by atoms with E-state index in [0.29, 0.717) is 36.9 Å². The molecule has 192 valence electrons. The van der Waals surface area contributed by atoms with E-state index in [-0.39, 0.29) is 16.0 Å². The van der Waals surface area contributed by atoms with E-state index in [9.17, 15) is 23.1 Å². The van der Waals surface area contributed by atoms with Crippen LogP contribution in [0.5, 0.6) is 0 Å². The Morgan fingerprint density at radius 2 is 1.69 bits per heavy atom. The van der Waals surface area contributed by atoms with E-state index in [1.807, 2.05) is 0 Å². The Balaban J connectivity index is 1.72. The smallest absolute Gasteiger partial charge is 0.295 e. The molecule has 2 aromatic carbocycles. The molecule has 0 aromatic heterocycles. The maximum Gasteiger partial charge on any atom is 0.295 e. The fraction of sp³-hybridized carbons (Fsp3) is 0.360. The number of halogens is 1. The second kappa shape index (κ2) is 10.7. The van der Waals surface area contributed by atoms with Gasteiger partial charge in [-0.25, -0.2) is 12.7 Å². The van der Waals surface area contributed by atoms with Gasteiger partial charge in [-0.3, -0.25) is 9.59 Å². The van der Waals surface area contributed by atoms with E-state index in [0.717, 1.165) is 17.4 Å². The van der Waals surface area contributed by atoms with E-state index < -0.39 is 33.5 Å². The van der Waals surface area contributed by atoms with Crippen molar-refractivity contribution in [3.63, 3.8) is 0 Å². The number of hydrogen-bond acceptors (Lipinski definition) is 6. The van der Waals surface area contributed by atoms with Gasteiger partial charge in [-0.15, -0.1) is 0 Å². The molecule has 1 unspecified atom stereocenters. The molecule has 0 aliphatic carbocycles. The normalized spacial score (nSPS) is 20.9. The Morgan fingerprint density at radius 3 is 2.28 bits per heavy atom. The van der Waals surface area contributed by atoms with Crippen LogP contribution in [0.1, 0.15) is 17.2 Å². The molecule has 1 atom stereocenters. The van der Waals surface area contributed by atoms with Gasteiger partial charge in [0, 0.05) is 24.7 Å². The Labute approximate surface area is 215 Å². The van der Waals surface area contributed by atoms with E-state index >= 15 is 0 Å². The van der Waals surface area contributed by atoms with Crippen LogP contribution < -0.4 is 10.0 Å². The van der Waals surface area contributed by atoms with Gasteiger partial charge in [0.05, 0.1) is 37.2 Å². The quantitative estimate of drug-likeness (QED) is 0.298. The highest BCUT2D eigenvalue weighted by molar-refractivity contribution is 7.89. The molecule has 1 N–H and O–H groups in total. The average molecular weight is 534 g/mol. The van der Waals surface area contributed by atoms with Gasteiger partial charge in [-0.1, -0.05) is 41.6 Å². The van der Waals surface area contributed by atoms with Crippen LogP contribution in [-0.4, -0.2) is 82.8 Å². The number of quaternary nitrogens is 1. The van der Waals surface area contributed by atoms with E-state index in [1.54, 1.807) is 24.3 Å². The fourth-order valence-electron chi connectivity index (χ4n) is 4.43. The van der Waals surface area contributed by atoms with Crippen molar-refractivity contribution in [2.75, 3.05) is 53.5 Å². The third kappa shape index (κ3) is 5.18. The van der Waals surface area contributed by atoms with Crippen LogP contribution >= 0.6 is 11.6 Å². The van der Waals surface area contributed by atoms with Gasteiger partial charge in [0.15, 0.2) is 0 Å². The molecule has 0 saturated carbocycles. The number of hydrogen-bond donors (Lipinski definition) is 1. The summed E-state index contributed by atoms with van der Waals surface area (Å²) in [7, 11) is -0.853. The Morgan fingerprint density at radius 1 is 1.08 bits per heavy atom. The zero-order valence-electron chi connectivity index (χ0n) is 20.1. The lowest BCUT2D eigenvalue weighted by molar-refractivity contribution is -0.907. The molecule has 2 fully saturated rings. The number of Topliss-reactive ketones (excluding diaryl/α,β-unsaturated/α-hetero) is 1. The third-order valence-corrected chi connectivity index (χ3v) is 8.60. The minimum absolute atomic E-state index is 0.0206. The summed E-state index contributed by atoms with van der Waals surface area (Å²) in [4.78, 5) is 29.0. The molecule has 9 nitrogen and oxygen atoms in total. The number of rotatable bonds is 7. The molecule has 2 saturated heterocycles. The first-order valence-electron chi connectivity index (χ1n) is 11.6. The number of likely N-dealkylation sites (tertiary alicyclic amines) is 1. The van der Waals surface area contributed by atoms with Crippen LogP contribution in [0.2, 0.25) is 5.02 Å². The number of nitrogens with one attached hydrogen (secondary N) is 1. The topological polar surface area (TPSA) is 111 Å². The zero-order chi connectivity index (χ0) is 26.0. The Hall–Kier alpha value is -2.76. The largest absolute Gasteiger partial charge is 0.872 e. The molecule has 11 heteroatoms. The summed E-state index contributed by atoms with van der Waals surface area (Å²) in [6.07, 6.45) is 0. The number of carbonyl (C=O) groups excluding carboxylic acids is 2. The molecule has 0 spiro atoms. The van der Waals surface area contributed by atoms with E-state index in [1.165, 1.54) is 48.2 Å². The minimum Gasteiger partial charge on any atom is -0.872 e.